The van der Waals surface area contributed by atoms with Crippen LogP contribution in [-0.4, -0.2) is 77.4 Å². The van der Waals surface area contributed by atoms with Crippen LogP contribution in [0.2, 0.25) is 0 Å². The third-order valence-corrected chi connectivity index (χ3v) is 8.87. The van der Waals surface area contributed by atoms with Crippen LogP contribution in [0.5, 0.6) is 0 Å². The van der Waals surface area contributed by atoms with Gasteiger partial charge in [-0.25, -0.2) is 4.79 Å². The molecular formula is C38H48N4O6. The van der Waals surface area contributed by atoms with E-state index in [4.69, 9.17) is 9.47 Å². The van der Waals surface area contributed by atoms with E-state index in [1.165, 1.54) is 0 Å². The number of likely N-dealkylation sites (tertiary alicyclic amines) is 1. The maximum absolute atomic E-state index is 13.7. The van der Waals surface area contributed by atoms with Gasteiger partial charge in [-0.1, -0.05) is 105 Å². The standard InChI is InChI=1S/C38H48N4O6/c1-26(2)35(41-38(46)48-25-29-16-10-5-11-17-29)37(45)40-32(20-27-12-6-3-7-13-27)34(43)23-42-22-31(47-24-28-14-8-4-9-15-28)21-33(42)36(44)39-30-18-19-30/h3-17,26,30-35,43H,18-25H2,1-2H3,(H,39,44)(H,40,45)(H,41,46)/t31-,32+,33+,34-,35+/m1/s1. The molecule has 1 heterocycles. The molecule has 3 aromatic rings. The molecule has 2 fully saturated rings. The SMILES string of the molecule is CC(C)[C@H](NC(=O)OCc1ccccc1)C(=O)N[C@@H](Cc1ccccc1)[C@H](O)CN1C[C@H](OCc2ccccc2)C[C@H]1C(=O)NC1CC1. The van der Waals surface area contributed by atoms with Gasteiger partial charge in [-0.2, -0.15) is 0 Å². The second-order valence-electron chi connectivity index (χ2n) is 13.2. The van der Waals surface area contributed by atoms with Gasteiger partial charge in [-0.3, -0.25) is 14.5 Å². The number of carbonyl (C=O) groups is 3. The summed E-state index contributed by atoms with van der Waals surface area (Å²) in [5.74, 6) is -0.729. The molecule has 1 aliphatic carbocycles. The molecule has 0 aromatic heterocycles. The van der Waals surface area contributed by atoms with Crippen LogP contribution in [0.15, 0.2) is 91.0 Å². The fourth-order valence-corrected chi connectivity index (χ4v) is 5.99. The largest absolute Gasteiger partial charge is 0.445 e. The fraction of sp³-hybridized carbons (Fsp3) is 0.447. The predicted octanol–water partition coefficient (Wildman–Crippen LogP) is 3.96. The number of hydrogen-bond acceptors (Lipinski definition) is 7. The number of aliphatic hydroxyl groups excluding tert-OH is 1. The van der Waals surface area contributed by atoms with Crippen molar-refractivity contribution in [3.05, 3.63) is 108 Å². The van der Waals surface area contributed by atoms with Crippen molar-refractivity contribution < 1.29 is 29.0 Å². The minimum Gasteiger partial charge on any atom is -0.445 e. The summed E-state index contributed by atoms with van der Waals surface area (Å²) in [6, 6.07) is 27.0. The van der Waals surface area contributed by atoms with Gasteiger partial charge in [0.2, 0.25) is 11.8 Å². The second-order valence-corrected chi connectivity index (χ2v) is 13.2. The van der Waals surface area contributed by atoms with Crippen LogP contribution in [0.3, 0.4) is 0 Å². The van der Waals surface area contributed by atoms with Gasteiger partial charge >= 0.3 is 6.09 Å². The van der Waals surface area contributed by atoms with Gasteiger partial charge in [0.05, 0.1) is 30.9 Å². The zero-order chi connectivity index (χ0) is 33.9. The van der Waals surface area contributed by atoms with E-state index in [1.807, 2.05) is 110 Å². The molecule has 5 atom stereocenters. The lowest BCUT2D eigenvalue weighted by Gasteiger charge is -2.32. The number of amides is 3. The van der Waals surface area contributed by atoms with E-state index in [2.05, 4.69) is 16.0 Å². The van der Waals surface area contributed by atoms with Crippen molar-refractivity contribution in [2.24, 2.45) is 5.92 Å². The number of rotatable bonds is 16. The van der Waals surface area contributed by atoms with E-state index in [0.29, 0.717) is 26.0 Å². The summed E-state index contributed by atoms with van der Waals surface area (Å²) < 4.78 is 11.6. The molecule has 1 saturated heterocycles. The third-order valence-electron chi connectivity index (χ3n) is 8.87. The number of carbonyl (C=O) groups excluding carboxylic acids is 3. The Morgan fingerprint density at radius 1 is 0.833 bits per heavy atom. The first-order chi connectivity index (χ1) is 23.2. The van der Waals surface area contributed by atoms with Crippen molar-refractivity contribution >= 4 is 17.9 Å². The van der Waals surface area contributed by atoms with Gasteiger partial charge in [-0.05, 0) is 48.3 Å². The molecule has 4 N–H and O–H groups in total. The molecule has 5 rings (SSSR count). The first-order valence-corrected chi connectivity index (χ1v) is 16.9. The van der Waals surface area contributed by atoms with Gasteiger partial charge in [0, 0.05) is 19.1 Å². The molecule has 2 aliphatic rings. The van der Waals surface area contributed by atoms with Crippen molar-refractivity contribution in [2.45, 2.75) is 89.1 Å². The van der Waals surface area contributed by atoms with Crippen LogP contribution in [0, 0.1) is 5.92 Å². The van der Waals surface area contributed by atoms with E-state index >= 15 is 0 Å². The Morgan fingerprint density at radius 3 is 2.00 bits per heavy atom. The molecule has 3 amide bonds. The monoisotopic (exact) mass is 656 g/mol. The highest BCUT2D eigenvalue weighted by Gasteiger charge is 2.41. The highest BCUT2D eigenvalue weighted by Crippen LogP contribution is 2.25. The van der Waals surface area contributed by atoms with Crippen LogP contribution in [0.25, 0.3) is 0 Å². The normalized spacial score (nSPS) is 19.7. The number of nitrogens with one attached hydrogen (secondary N) is 3. The number of hydrogen-bond donors (Lipinski definition) is 4. The number of ether oxygens (including phenoxy) is 2. The molecule has 48 heavy (non-hydrogen) atoms. The van der Waals surface area contributed by atoms with Crippen molar-refractivity contribution in [2.75, 3.05) is 13.1 Å². The van der Waals surface area contributed by atoms with Crippen molar-refractivity contribution in [3.63, 3.8) is 0 Å². The molecule has 0 radical (unpaired) electrons. The number of nitrogens with zero attached hydrogens (tertiary/aromatic N) is 1. The van der Waals surface area contributed by atoms with Gasteiger partial charge < -0.3 is 30.5 Å². The van der Waals surface area contributed by atoms with Gasteiger partial charge in [0.1, 0.15) is 12.6 Å². The fourth-order valence-electron chi connectivity index (χ4n) is 5.99. The summed E-state index contributed by atoms with van der Waals surface area (Å²) >= 11 is 0. The maximum Gasteiger partial charge on any atom is 0.408 e. The van der Waals surface area contributed by atoms with Gasteiger partial charge in [0.25, 0.3) is 0 Å². The molecule has 1 aliphatic heterocycles. The van der Waals surface area contributed by atoms with Crippen molar-refractivity contribution in [1.29, 1.82) is 0 Å². The molecule has 1 saturated carbocycles. The van der Waals surface area contributed by atoms with Crippen LogP contribution < -0.4 is 16.0 Å². The topological polar surface area (TPSA) is 129 Å². The summed E-state index contributed by atoms with van der Waals surface area (Å²) in [7, 11) is 0. The van der Waals surface area contributed by atoms with Crippen molar-refractivity contribution in [3.8, 4) is 0 Å². The average Bonchev–Trinajstić information content (AvgIpc) is 3.82. The second kappa shape index (κ2) is 17.2. The highest BCUT2D eigenvalue weighted by molar-refractivity contribution is 5.86. The van der Waals surface area contributed by atoms with E-state index in [0.717, 1.165) is 29.5 Å². The van der Waals surface area contributed by atoms with Crippen molar-refractivity contribution in [1.82, 2.24) is 20.9 Å². The Morgan fingerprint density at radius 2 is 1.42 bits per heavy atom. The Balaban J connectivity index is 1.26. The number of β-amino-alcohol motifs (C(OH)–C–C–N with tert-alkyl or cyclic N) is 1. The van der Waals surface area contributed by atoms with E-state index in [1.54, 1.807) is 0 Å². The Hall–Kier alpha value is -4.25. The summed E-state index contributed by atoms with van der Waals surface area (Å²) in [6.07, 6.45) is 0.921. The highest BCUT2D eigenvalue weighted by atomic mass is 16.5. The number of aliphatic hydroxyl groups is 1. The summed E-state index contributed by atoms with van der Waals surface area (Å²) in [6.45, 7) is 4.83. The number of benzene rings is 3. The smallest absolute Gasteiger partial charge is 0.408 e. The summed E-state index contributed by atoms with van der Waals surface area (Å²) in [5, 5.41) is 20.6. The molecule has 0 unspecified atom stereocenters. The van der Waals surface area contributed by atoms with Crippen LogP contribution in [0.4, 0.5) is 4.79 Å². The summed E-state index contributed by atoms with van der Waals surface area (Å²) in [4.78, 5) is 41.8. The van der Waals surface area contributed by atoms with Gasteiger partial charge in [-0.15, -0.1) is 0 Å². The molecule has 10 heteroatoms. The van der Waals surface area contributed by atoms with E-state index in [-0.39, 0.29) is 37.1 Å². The quantitative estimate of drug-likeness (QED) is 0.184. The molecule has 0 spiro atoms. The Bertz CT molecular complexity index is 1450. The summed E-state index contributed by atoms with van der Waals surface area (Å²) in [5.41, 5.74) is 2.83. The lowest BCUT2D eigenvalue weighted by molar-refractivity contribution is -0.128. The zero-order valence-electron chi connectivity index (χ0n) is 27.8. The Kier molecular flexibility index (Phi) is 12.6. The third kappa shape index (κ3) is 10.6. The first-order valence-electron chi connectivity index (χ1n) is 16.9. The lowest BCUT2D eigenvalue weighted by Crippen LogP contribution is -2.57. The van der Waals surface area contributed by atoms with E-state index in [9.17, 15) is 19.5 Å². The lowest BCUT2D eigenvalue weighted by atomic mass is 9.98. The Labute approximate surface area is 283 Å². The van der Waals surface area contributed by atoms with E-state index < -0.39 is 36.2 Å². The van der Waals surface area contributed by atoms with Crippen LogP contribution in [-0.2, 0) is 38.7 Å². The predicted molar refractivity (Wildman–Crippen MR) is 183 cm³/mol. The average molecular weight is 657 g/mol. The molecule has 3 aromatic carbocycles. The number of alkyl carbamates (subject to hydrolysis) is 1. The maximum atomic E-state index is 13.7. The molecule has 0 bridgehead atoms. The van der Waals surface area contributed by atoms with Crippen LogP contribution >= 0.6 is 0 Å². The van der Waals surface area contributed by atoms with Crippen LogP contribution in [0.1, 0.15) is 49.8 Å². The minimum absolute atomic E-state index is 0.0581. The molecule has 10 nitrogen and oxygen atoms in total. The minimum atomic E-state index is -1.02. The van der Waals surface area contributed by atoms with Gasteiger partial charge in [0.15, 0.2) is 0 Å². The molecule has 256 valence electrons. The molecular weight excluding hydrogens is 608 g/mol. The zero-order valence-corrected chi connectivity index (χ0v) is 27.8. The first kappa shape index (κ1) is 35.1.